The summed E-state index contributed by atoms with van der Waals surface area (Å²) in [7, 11) is 0. The average molecular weight is 334 g/mol. The van der Waals surface area contributed by atoms with Gasteiger partial charge in [-0.05, 0) is 48.9 Å². The van der Waals surface area contributed by atoms with Gasteiger partial charge in [0.05, 0.1) is 6.26 Å². The first-order chi connectivity index (χ1) is 12.1. The Morgan fingerprint density at radius 1 is 0.960 bits per heavy atom. The number of benzene rings is 2. The second-order valence-corrected chi connectivity index (χ2v) is 5.68. The molecule has 126 valence electrons. The van der Waals surface area contributed by atoms with Crippen LogP contribution in [0.1, 0.15) is 32.0 Å². The fourth-order valence-corrected chi connectivity index (χ4v) is 2.38. The Kier molecular flexibility index (Phi) is 4.95. The quantitative estimate of drug-likeness (QED) is 0.746. The summed E-state index contributed by atoms with van der Waals surface area (Å²) >= 11 is 0. The van der Waals surface area contributed by atoms with Gasteiger partial charge in [-0.1, -0.05) is 29.8 Å². The average Bonchev–Trinajstić information content (AvgIpc) is 3.16. The minimum absolute atomic E-state index is 0.112. The first-order valence-corrected chi connectivity index (χ1v) is 7.90. The third kappa shape index (κ3) is 4.35. The number of hydrogen-bond acceptors (Lipinski definition) is 3. The Balaban J connectivity index is 1.56. The highest BCUT2D eigenvalue weighted by Crippen LogP contribution is 2.12. The van der Waals surface area contributed by atoms with Crippen LogP contribution in [0.3, 0.4) is 0 Å². The lowest BCUT2D eigenvalue weighted by Gasteiger charge is -2.08. The molecule has 0 saturated carbocycles. The van der Waals surface area contributed by atoms with Gasteiger partial charge in [-0.15, -0.1) is 0 Å². The van der Waals surface area contributed by atoms with E-state index < -0.39 is 0 Å². The highest BCUT2D eigenvalue weighted by molar-refractivity contribution is 6.02. The van der Waals surface area contributed by atoms with E-state index in [1.165, 1.54) is 6.26 Å². The van der Waals surface area contributed by atoms with Crippen molar-refractivity contribution in [1.82, 2.24) is 5.32 Å². The van der Waals surface area contributed by atoms with Gasteiger partial charge in [0.2, 0.25) is 0 Å². The predicted molar refractivity (Wildman–Crippen MR) is 95.5 cm³/mol. The molecule has 0 unspecified atom stereocenters. The van der Waals surface area contributed by atoms with Crippen LogP contribution in [0, 0.1) is 6.92 Å². The second kappa shape index (κ2) is 7.49. The van der Waals surface area contributed by atoms with Crippen molar-refractivity contribution < 1.29 is 14.0 Å². The fraction of sp³-hybridized carbons (Fsp3) is 0.100. The fourth-order valence-electron chi connectivity index (χ4n) is 2.38. The number of carbonyl (C=O) groups excluding carboxylic acids is 2. The molecule has 0 aliphatic heterocycles. The van der Waals surface area contributed by atoms with E-state index in [1.807, 2.05) is 37.3 Å². The molecule has 5 heteroatoms. The lowest BCUT2D eigenvalue weighted by atomic mass is 10.1. The molecule has 0 spiro atoms. The predicted octanol–water partition coefficient (Wildman–Crippen LogP) is 3.77. The van der Waals surface area contributed by atoms with Crippen molar-refractivity contribution in [3.05, 3.63) is 89.4 Å². The second-order valence-electron chi connectivity index (χ2n) is 5.68. The van der Waals surface area contributed by atoms with E-state index in [0.717, 1.165) is 11.1 Å². The summed E-state index contributed by atoms with van der Waals surface area (Å²) in [6, 6.07) is 18.0. The van der Waals surface area contributed by atoms with Crippen molar-refractivity contribution in [3.8, 4) is 0 Å². The Bertz CT molecular complexity index is 868. The van der Waals surface area contributed by atoms with Crippen LogP contribution in [0.4, 0.5) is 5.69 Å². The standard InChI is InChI=1S/C20H18N2O3/c1-14-4-2-5-16(12-14)19(23)21-13-15-7-9-17(10-8-15)22-20(24)18-6-3-11-25-18/h2-12H,13H2,1H3,(H,21,23)(H,22,24). The van der Waals surface area contributed by atoms with Gasteiger partial charge in [-0.25, -0.2) is 0 Å². The third-order valence-electron chi connectivity index (χ3n) is 3.69. The molecular formula is C20H18N2O3. The van der Waals surface area contributed by atoms with E-state index in [4.69, 9.17) is 4.42 Å². The minimum Gasteiger partial charge on any atom is -0.459 e. The number of aryl methyl sites for hydroxylation is 1. The third-order valence-corrected chi connectivity index (χ3v) is 3.69. The summed E-state index contributed by atoms with van der Waals surface area (Å²) in [6.45, 7) is 2.37. The van der Waals surface area contributed by atoms with Gasteiger partial charge < -0.3 is 15.1 Å². The van der Waals surface area contributed by atoms with Crippen molar-refractivity contribution in [2.75, 3.05) is 5.32 Å². The molecule has 0 aliphatic rings. The van der Waals surface area contributed by atoms with Crippen LogP contribution >= 0.6 is 0 Å². The van der Waals surface area contributed by atoms with Crippen LogP contribution in [0.5, 0.6) is 0 Å². The van der Waals surface area contributed by atoms with Gasteiger partial charge >= 0.3 is 0 Å². The normalized spacial score (nSPS) is 10.3. The van der Waals surface area contributed by atoms with Gasteiger partial charge in [0.15, 0.2) is 5.76 Å². The van der Waals surface area contributed by atoms with Crippen molar-refractivity contribution in [1.29, 1.82) is 0 Å². The number of anilines is 1. The molecule has 25 heavy (non-hydrogen) atoms. The summed E-state index contributed by atoms with van der Waals surface area (Å²) in [5, 5.41) is 5.63. The Morgan fingerprint density at radius 2 is 1.76 bits per heavy atom. The molecule has 5 nitrogen and oxygen atoms in total. The highest BCUT2D eigenvalue weighted by Gasteiger charge is 2.09. The SMILES string of the molecule is Cc1cccc(C(=O)NCc2ccc(NC(=O)c3ccco3)cc2)c1. The van der Waals surface area contributed by atoms with E-state index in [0.29, 0.717) is 17.8 Å². The van der Waals surface area contributed by atoms with Gasteiger partial charge in [-0.3, -0.25) is 9.59 Å². The molecular weight excluding hydrogens is 316 g/mol. The topological polar surface area (TPSA) is 71.3 Å². The molecule has 0 bridgehead atoms. The number of rotatable bonds is 5. The van der Waals surface area contributed by atoms with Gasteiger partial charge in [0.25, 0.3) is 11.8 Å². The van der Waals surface area contributed by atoms with Gasteiger partial charge in [-0.2, -0.15) is 0 Å². The molecule has 1 heterocycles. The molecule has 1 aromatic heterocycles. The van der Waals surface area contributed by atoms with Crippen molar-refractivity contribution >= 4 is 17.5 Å². The molecule has 0 radical (unpaired) electrons. The van der Waals surface area contributed by atoms with Gasteiger partial charge in [0, 0.05) is 17.8 Å². The summed E-state index contributed by atoms with van der Waals surface area (Å²) in [5.74, 6) is -0.154. The zero-order valence-corrected chi connectivity index (χ0v) is 13.8. The maximum atomic E-state index is 12.1. The Labute approximate surface area is 145 Å². The lowest BCUT2D eigenvalue weighted by molar-refractivity contribution is 0.0949. The first-order valence-electron chi connectivity index (χ1n) is 7.90. The molecule has 2 aromatic carbocycles. The monoisotopic (exact) mass is 334 g/mol. The summed E-state index contributed by atoms with van der Waals surface area (Å²) in [4.78, 5) is 24.0. The number of furan rings is 1. The van der Waals surface area contributed by atoms with E-state index in [-0.39, 0.29) is 17.6 Å². The smallest absolute Gasteiger partial charge is 0.291 e. The molecule has 0 fully saturated rings. The lowest BCUT2D eigenvalue weighted by Crippen LogP contribution is -2.22. The Morgan fingerprint density at radius 3 is 2.44 bits per heavy atom. The van der Waals surface area contributed by atoms with Crippen molar-refractivity contribution in [3.63, 3.8) is 0 Å². The number of amides is 2. The first kappa shape index (κ1) is 16.5. The van der Waals surface area contributed by atoms with Crippen LogP contribution in [-0.4, -0.2) is 11.8 Å². The van der Waals surface area contributed by atoms with E-state index >= 15 is 0 Å². The number of nitrogens with one attached hydrogen (secondary N) is 2. The molecule has 3 rings (SSSR count). The minimum atomic E-state index is -0.300. The summed E-state index contributed by atoms with van der Waals surface area (Å²) < 4.78 is 5.05. The zero-order valence-electron chi connectivity index (χ0n) is 13.8. The van der Waals surface area contributed by atoms with Gasteiger partial charge in [0.1, 0.15) is 0 Å². The van der Waals surface area contributed by atoms with Crippen LogP contribution in [0.25, 0.3) is 0 Å². The number of hydrogen-bond donors (Lipinski definition) is 2. The van der Waals surface area contributed by atoms with Crippen molar-refractivity contribution in [2.45, 2.75) is 13.5 Å². The maximum absolute atomic E-state index is 12.1. The van der Waals surface area contributed by atoms with E-state index in [9.17, 15) is 9.59 Å². The molecule has 0 saturated heterocycles. The Hall–Kier alpha value is -3.34. The number of carbonyl (C=O) groups is 2. The van der Waals surface area contributed by atoms with E-state index in [1.54, 1.807) is 30.3 Å². The largest absolute Gasteiger partial charge is 0.459 e. The van der Waals surface area contributed by atoms with Crippen LogP contribution < -0.4 is 10.6 Å². The van der Waals surface area contributed by atoms with Crippen LogP contribution in [-0.2, 0) is 6.54 Å². The molecule has 3 aromatic rings. The molecule has 2 amide bonds. The molecule has 0 aliphatic carbocycles. The molecule has 2 N–H and O–H groups in total. The van der Waals surface area contributed by atoms with Crippen molar-refractivity contribution in [2.24, 2.45) is 0 Å². The van der Waals surface area contributed by atoms with Crippen LogP contribution in [0.2, 0.25) is 0 Å². The van der Waals surface area contributed by atoms with Crippen LogP contribution in [0.15, 0.2) is 71.3 Å². The highest BCUT2D eigenvalue weighted by atomic mass is 16.3. The summed E-state index contributed by atoms with van der Waals surface area (Å²) in [6.07, 6.45) is 1.45. The summed E-state index contributed by atoms with van der Waals surface area (Å²) in [5.41, 5.74) is 3.29. The molecule has 0 atom stereocenters. The maximum Gasteiger partial charge on any atom is 0.291 e. The van der Waals surface area contributed by atoms with E-state index in [2.05, 4.69) is 10.6 Å². The zero-order chi connectivity index (χ0) is 17.6.